The molecule has 0 fully saturated rings. The highest BCUT2D eigenvalue weighted by atomic mass is 17.1. The van der Waals surface area contributed by atoms with Gasteiger partial charge in [0.2, 0.25) is 0 Å². The Bertz CT molecular complexity index is 422. The molecule has 3 N–H and O–H groups in total. The number of para-hydroxylation sites is 1. The summed E-state index contributed by atoms with van der Waals surface area (Å²) in [6, 6.07) is 19.0. The maximum absolute atomic E-state index is 8.02. The number of methoxy groups -OCH3 is 2. The first-order chi connectivity index (χ1) is 12.2. The Morgan fingerprint density at radius 2 is 1.16 bits per heavy atom. The average Bonchev–Trinajstić information content (AvgIpc) is 2.68. The first kappa shape index (κ1) is 27.9. The Morgan fingerprint density at radius 1 is 0.760 bits per heavy atom. The zero-order valence-electron chi connectivity index (χ0n) is 16.4. The highest BCUT2D eigenvalue weighted by Crippen LogP contribution is 1.98. The van der Waals surface area contributed by atoms with Gasteiger partial charge in [0.25, 0.3) is 0 Å². The minimum absolute atomic E-state index is 0.265. The summed E-state index contributed by atoms with van der Waals surface area (Å²) in [4.78, 5) is 3.93. The van der Waals surface area contributed by atoms with E-state index >= 15 is 0 Å². The van der Waals surface area contributed by atoms with E-state index in [1.807, 2.05) is 88.4 Å². The summed E-state index contributed by atoms with van der Waals surface area (Å²) in [7, 11) is 3.17. The fraction of sp³-hybridized carbons (Fsp3) is 0.400. The molecule has 2 rings (SSSR count). The summed E-state index contributed by atoms with van der Waals surface area (Å²) in [6.07, 6.45) is 0. The van der Waals surface area contributed by atoms with Crippen molar-refractivity contribution in [2.24, 2.45) is 0 Å². The van der Waals surface area contributed by atoms with Crippen LogP contribution in [0.4, 0.5) is 5.69 Å². The van der Waals surface area contributed by atoms with Crippen molar-refractivity contribution in [3.05, 3.63) is 66.2 Å². The summed E-state index contributed by atoms with van der Waals surface area (Å²) in [6.45, 7) is 8.65. The molecular weight excluding hydrogens is 318 g/mol. The highest BCUT2D eigenvalue weighted by Gasteiger charge is 1.86. The van der Waals surface area contributed by atoms with E-state index in [0.29, 0.717) is 6.79 Å². The van der Waals surface area contributed by atoms with Crippen LogP contribution in [-0.4, -0.2) is 26.3 Å². The second-order valence-electron chi connectivity index (χ2n) is 3.86. The maximum atomic E-state index is 8.02. The molecule has 0 bridgehead atoms. The van der Waals surface area contributed by atoms with Gasteiger partial charge in [-0.2, -0.15) is 0 Å². The van der Waals surface area contributed by atoms with Crippen LogP contribution in [0.5, 0.6) is 0 Å². The number of rotatable bonds is 4. The van der Waals surface area contributed by atoms with Crippen molar-refractivity contribution in [3.63, 3.8) is 0 Å². The molecule has 144 valence electrons. The third kappa shape index (κ3) is 24.5. The molecule has 2 aromatic rings. The van der Waals surface area contributed by atoms with Gasteiger partial charge in [0, 0.05) is 19.9 Å². The largest absolute Gasteiger partial charge is 0.399 e. The highest BCUT2D eigenvalue weighted by molar-refractivity contribution is 5.35. The molecule has 0 spiro atoms. The Hall–Kier alpha value is -1.92. The van der Waals surface area contributed by atoms with E-state index in [4.69, 9.17) is 11.0 Å². The number of nitrogens with two attached hydrogens (primary N) is 1. The molecule has 0 unspecified atom stereocenters. The minimum Gasteiger partial charge on any atom is -0.399 e. The molecule has 0 aliphatic rings. The van der Waals surface area contributed by atoms with Crippen LogP contribution in [0.1, 0.15) is 33.3 Å². The van der Waals surface area contributed by atoms with E-state index in [0.717, 1.165) is 11.3 Å². The molecule has 0 saturated carbocycles. The van der Waals surface area contributed by atoms with Crippen molar-refractivity contribution < 1.29 is 19.6 Å². The first-order valence-electron chi connectivity index (χ1n) is 8.33. The van der Waals surface area contributed by atoms with E-state index in [1.165, 1.54) is 0 Å². The van der Waals surface area contributed by atoms with Crippen LogP contribution in [0.25, 0.3) is 0 Å². The molecule has 0 radical (unpaired) electrons. The normalized spacial score (nSPS) is 7.96. The van der Waals surface area contributed by atoms with Gasteiger partial charge in [-0.05, 0) is 17.7 Å². The van der Waals surface area contributed by atoms with Gasteiger partial charge in [0.1, 0.15) is 13.4 Å². The van der Waals surface area contributed by atoms with Crippen LogP contribution >= 0.6 is 0 Å². The summed E-state index contributed by atoms with van der Waals surface area (Å²) in [5.74, 6) is 0. The molecule has 0 amide bonds. The Morgan fingerprint density at radius 3 is 1.40 bits per heavy atom. The fourth-order valence-electron chi connectivity index (χ4n) is 1.22. The van der Waals surface area contributed by atoms with E-state index in [1.54, 1.807) is 14.2 Å². The van der Waals surface area contributed by atoms with Crippen molar-refractivity contribution in [2.75, 3.05) is 26.7 Å². The summed E-state index contributed by atoms with van der Waals surface area (Å²) < 4.78 is 8.94. The van der Waals surface area contributed by atoms with Crippen molar-refractivity contribution in [3.8, 4) is 0 Å². The topological polar surface area (TPSA) is 73.9 Å². The van der Waals surface area contributed by atoms with Gasteiger partial charge in [-0.15, -0.1) is 0 Å². The van der Waals surface area contributed by atoms with Gasteiger partial charge in [-0.1, -0.05) is 76.2 Å². The van der Waals surface area contributed by atoms with Crippen LogP contribution in [0.15, 0.2) is 60.7 Å². The monoisotopic (exact) mass is 353 g/mol. The maximum Gasteiger partial charge on any atom is 0.145 e. The number of benzene rings is 2. The zero-order chi connectivity index (χ0) is 19.8. The third-order valence-corrected chi connectivity index (χ3v) is 2.11. The van der Waals surface area contributed by atoms with Gasteiger partial charge >= 0.3 is 0 Å². The Kier molecular flexibility index (Phi) is 30.1. The number of nitrogen functional groups attached to an aromatic ring is 1. The zero-order valence-corrected chi connectivity index (χ0v) is 16.4. The average molecular weight is 354 g/mol. The van der Waals surface area contributed by atoms with Crippen LogP contribution in [-0.2, 0) is 21.0 Å². The lowest BCUT2D eigenvalue weighted by atomic mass is 10.2. The summed E-state index contributed by atoms with van der Waals surface area (Å²) in [5, 5.41) is 8.02. The Balaban J connectivity index is -0.000000272. The molecule has 0 saturated heterocycles. The third-order valence-electron chi connectivity index (χ3n) is 2.11. The van der Waals surface area contributed by atoms with Crippen molar-refractivity contribution in [2.45, 2.75) is 34.3 Å². The summed E-state index contributed by atoms with van der Waals surface area (Å²) in [5.41, 5.74) is 7.15. The molecule has 0 heterocycles. The SMILES string of the molecule is CC.CC.COCOC.Nc1ccccc1.OOCc1ccccc1. The van der Waals surface area contributed by atoms with E-state index < -0.39 is 0 Å². The molecule has 25 heavy (non-hydrogen) atoms. The van der Waals surface area contributed by atoms with Gasteiger partial charge in [-0.25, -0.2) is 4.89 Å². The lowest BCUT2D eigenvalue weighted by molar-refractivity contribution is -0.253. The van der Waals surface area contributed by atoms with Crippen molar-refractivity contribution in [1.29, 1.82) is 0 Å². The van der Waals surface area contributed by atoms with E-state index in [2.05, 4.69) is 14.4 Å². The molecule has 0 aromatic heterocycles. The molecule has 0 atom stereocenters. The number of hydrogen-bond acceptors (Lipinski definition) is 5. The van der Waals surface area contributed by atoms with E-state index in [9.17, 15) is 0 Å². The second kappa shape index (κ2) is 27.0. The molecule has 5 heteroatoms. The number of hydrogen-bond donors (Lipinski definition) is 2. The number of ether oxygens (including phenoxy) is 2. The Labute approximate surface area is 153 Å². The van der Waals surface area contributed by atoms with E-state index in [-0.39, 0.29) is 6.61 Å². The van der Waals surface area contributed by atoms with Crippen molar-refractivity contribution in [1.82, 2.24) is 0 Å². The second-order valence-corrected chi connectivity index (χ2v) is 3.86. The molecule has 0 aliphatic heterocycles. The van der Waals surface area contributed by atoms with Gasteiger partial charge in [0.05, 0.1) is 0 Å². The lowest BCUT2D eigenvalue weighted by Crippen LogP contribution is -1.87. The lowest BCUT2D eigenvalue weighted by Gasteiger charge is -1.93. The molecular formula is C20H35NO4. The van der Waals surface area contributed by atoms with Gasteiger partial charge in [0.15, 0.2) is 0 Å². The van der Waals surface area contributed by atoms with Crippen LogP contribution in [0, 0.1) is 0 Å². The number of anilines is 1. The minimum atomic E-state index is 0.265. The quantitative estimate of drug-likeness (QED) is 0.340. The summed E-state index contributed by atoms with van der Waals surface area (Å²) >= 11 is 0. The predicted molar refractivity (Wildman–Crippen MR) is 106 cm³/mol. The van der Waals surface area contributed by atoms with Crippen LogP contribution in [0.3, 0.4) is 0 Å². The first-order valence-corrected chi connectivity index (χ1v) is 8.33. The van der Waals surface area contributed by atoms with Gasteiger partial charge < -0.3 is 15.2 Å². The molecule has 5 nitrogen and oxygen atoms in total. The van der Waals surface area contributed by atoms with Crippen LogP contribution in [0.2, 0.25) is 0 Å². The fourth-order valence-corrected chi connectivity index (χ4v) is 1.22. The predicted octanol–water partition coefficient (Wildman–Crippen LogP) is 5.23. The van der Waals surface area contributed by atoms with Crippen molar-refractivity contribution >= 4 is 5.69 Å². The smallest absolute Gasteiger partial charge is 0.145 e. The standard InChI is InChI=1S/C7H8O2.C6H7N.C3H8O2.2C2H6/c8-9-6-7-4-2-1-3-5-7;7-6-4-2-1-3-5-6;1-4-3-5-2;2*1-2/h1-5,8H,6H2;1-5H,7H2;3H2,1-2H3;2*1-2H3. The van der Waals surface area contributed by atoms with Crippen LogP contribution < -0.4 is 5.73 Å². The molecule has 0 aliphatic carbocycles. The molecule has 2 aromatic carbocycles. The van der Waals surface area contributed by atoms with Gasteiger partial charge in [-0.3, -0.25) is 5.26 Å².